The molecule has 0 bridgehead atoms. The topological polar surface area (TPSA) is 124 Å². The number of sulfonamides is 1. The number of amides is 1. The summed E-state index contributed by atoms with van der Waals surface area (Å²) in [4.78, 5) is 26.4. The summed E-state index contributed by atoms with van der Waals surface area (Å²) < 4.78 is 42.9. The van der Waals surface area contributed by atoms with Crippen LogP contribution in [0.25, 0.3) is 0 Å². The molecule has 158 valence electrons. The summed E-state index contributed by atoms with van der Waals surface area (Å²) in [5.74, 6) is 0.0141. The highest BCUT2D eigenvalue weighted by molar-refractivity contribution is 7.90. The van der Waals surface area contributed by atoms with Crippen molar-refractivity contribution in [3.05, 3.63) is 42.1 Å². The Hall–Kier alpha value is -3.34. The summed E-state index contributed by atoms with van der Waals surface area (Å²) >= 11 is 0. The zero-order chi connectivity index (χ0) is 21.3. The molecular formula is C19H19N3O7S. The monoisotopic (exact) mass is 433 g/mol. The lowest BCUT2D eigenvalue weighted by atomic mass is 10.2. The molecule has 0 saturated carbocycles. The molecule has 0 aliphatic carbocycles. The third-order valence-corrected chi connectivity index (χ3v) is 5.69. The second-order valence-corrected chi connectivity index (χ2v) is 8.50. The summed E-state index contributed by atoms with van der Waals surface area (Å²) in [6, 6.07) is 4.99. The number of anilines is 1. The van der Waals surface area contributed by atoms with Gasteiger partial charge >= 0.3 is 5.97 Å². The van der Waals surface area contributed by atoms with Crippen molar-refractivity contribution in [2.75, 3.05) is 30.8 Å². The number of hydrogen-bond acceptors (Lipinski definition) is 8. The molecule has 4 rings (SSSR count). The molecule has 0 saturated heterocycles. The summed E-state index contributed by atoms with van der Waals surface area (Å²) in [5, 5.41) is 2.67. The molecule has 11 heteroatoms. The van der Waals surface area contributed by atoms with E-state index in [1.165, 1.54) is 25.3 Å². The van der Waals surface area contributed by atoms with E-state index >= 15 is 0 Å². The van der Waals surface area contributed by atoms with Gasteiger partial charge in [0.2, 0.25) is 0 Å². The van der Waals surface area contributed by atoms with Crippen LogP contribution in [-0.2, 0) is 24.3 Å². The average molecular weight is 433 g/mol. The smallest absolute Gasteiger partial charge is 0.340 e. The van der Waals surface area contributed by atoms with Crippen LogP contribution in [0, 0.1) is 0 Å². The third-order valence-electron chi connectivity index (χ3n) is 4.52. The van der Waals surface area contributed by atoms with Gasteiger partial charge in [0.15, 0.2) is 17.6 Å². The Kier molecular flexibility index (Phi) is 5.20. The fourth-order valence-electron chi connectivity index (χ4n) is 2.97. The molecule has 0 fully saturated rings. The number of ether oxygens (including phenoxy) is 3. The molecule has 1 N–H and O–H groups in total. The molecule has 3 aliphatic rings. The van der Waals surface area contributed by atoms with E-state index in [-0.39, 0.29) is 23.7 Å². The van der Waals surface area contributed by atoms with Gasteiger partial charge in [0.05, 0.1) is 11.3 Å². The van der Waals surface area contributed by atoms with Gasteiger partial charge in [-0.1, -0.05) is 0 Å². The van der Waals surface area contributed by atoms with Crippen molar-refractivity contribution in [3.8, 4) is 11.5 Å². The maximum atomic E-state index is 12.4. The van der Waals surface area contributed by atoms with Crippen LogP contribution in [0.5, 0.6) is 11.5 Å². The Labute approximate surface area is 172 Å². The second-order valence-electron chi connectivity index (χ2n) is 6.74. The van der Waals surface area contributed by atoms with E-state index in [4.69, 9.17) is 14.2 Å². The maximum Gasteiger partial charge on any atom is 0.340 e. The lowest BCUT2D eigenvalue weighted by Crippen LogP contribution is -2.37. The maximum absolute atomic E-state index is 12.4. The first-order valence-corrected chi connectivity index (χ1v) is 10.8. The van der Waals surface area contributed by atoms with Gasteiger partial charge in [-0.3, -0.25) is 4.79 Å². The van der Waals surface area contributed by atoms with Crippen molar-refractivity contribution in [1.82, 2.24) is 4.90 Å². The zero-order valence-corrected chi connectivity index (χ0v) is 16.8. The van der Waals surface area contributed by atoms with Gasteiger partial charge in [-0.25, -0.2) is 13.2 Å². The van der Waals surface area contributed by atoms with Crippen molar-refractivity contribution >= 4 is 33.4 Å². The van der Waals surface area contributed by atoms with Gasteiger partial charge in [0.1, 0.15) is 19.0 Å². The van der Waals surface area contributed by atoms with E-state index in [0.29, 0.717) is 30.4 Å². The summed E-state index contributed by atoms with van der Waals surface area (Å²) in [7, 11) is -3.48. The highest BCUT2D eigenvalue weighted by Crippen LogP contribution is 2.32. The Morgan fingerprint density at radius 3 is 2.77 bits per heavy atom. The molecule has 3 aliphatic heterocycles. The van der Waals surface area contributed by atoms with Crippen molar-refractivity contribution in [3.63, 3.8) is 0 Å². The minimum atomic E-state index is -3.48. The van der Waals surface area contributed by atoms with Gasteiger partial charge < -0.3 is 24.4 Å². The van der Waals surface area contributed by atoms with E-state index in [1.807, 2.05) is 0 Å². The van der Waals surface area contributed by atoms with Gasteiger partial charge in [0.25, 0.3) is 15.9 Å². The van der Waals surface area contributed by atoms with Crippen LogP contribution >= 0.6 is 0 Å². The van der Waals surface area contributed by atoms with Crippen LogP contribution in [0.4, 0.5) is 5.69 Å². The summed E-state index contributed by atoms with van der Waals surface area (Å²) in [6.45, 7) is 2.54. The largest absolute Gasteiger partial charge is 0.486 e. The van der Waals surface area contributed by atoms with Crippen molar-refractivity contribution in [2.45, 2.75) is 13.0 Å². The van der Waals surface area contributed by atoms with Crippen LogP contribution < -0.4 is 14.8 Å². The molecule has 0 spiro atoms. The molecule has 30 heavy (non-hydrogen) atoms. The van der Waals surface area contributed by atoms with Crippen molar-refractivity contribution in [2.24, 2.45) is 4.40 Å². The molecule has 1 aromatic rings. The molecule has 0 unspecified atom stereocenters. The SMILES string of the molecule is C[C@@H](OC(=O)C1=CN2CCS(=O)(=O)N=C2C=C1)C(=O)Nc1ccc2c(c1)OCCO2. The summed E-state index contributed by atoms with van der Waals surface area (Å²) in [6.07, 6.45) is 3.23. The lowest BCUT2D eigenvalue weighted by molar-refractivity contribution is -0.149. The standard InChI is InChI=1S/C19H19N3O7S/c1-12(18(23)20-14-3-4-15-16(10-14)28-8-7-27-15)29-19(24)13-2-5-17-21-30(25,26)9-6-22(17)11-13/h2-5,10-12H,6-9H2,1H3,(H,20,23)/t12-/m1/s1. The van der Waals surface area contributed by atoms with Gasteiger partial charge in [-0.05, 0) is 31.2 Å². The number of amidine groups is 1. The Morgan fingerprint density at radius 2 is 1.97 bits per heavy atom. The number of fused-ring (bicyclic) bond motifs is 2. The van der Waals surface area contributed by atoms with E-state index in [0.717, 1.165) is 0 Å². The Morgan fingerprint density at radius 1 is 1.20 bits per heavy atom. The zero-order valence-electron chi connectivity index (χ0n) is 16.0. The molecule has 1 atom stereocenters. The highest BCUT2D eigenvalue weighted by atomic mass is 32.2. The van der Waals surface area contributed by atoms with Crippen LogP contribution in [0.3, 0.4) is 0 Å². The first kappa shape index (κ1) is 20.0. The van der Waals surface area contributed by atoms with E-state index in [9.17, 15) is 18.0 Å². The lowest BCUT2D eigenvalue weighted by Gasteiger charge is -2.27. The number of benzene rings is 1. The minimum Gasteiger partial charge on any atom is -0.486 e. The number of rotatable bonds is 4. The Bertz CT molecular complexity index is 1090. The molecule has 0 aromatic heterocycles. The quantitative estimate of drug-likeness (QED) is 0.693. The first-order chi connectivity index (χ1) is 14.3. The number of nitrogens with one attached hydrogen (secondary N) is 1. The number of nitrogens with zero attached hydrogens (tertiary/aromatic N) is 2. The van der Waals surface area contributed by atoms with Crippen LogP contribution in [0.2, 0.25) is 0 Å². The molecular weight excluding hydrogens is 414 g/mol. The van der Waals surface area contributed by atoms with Gasteiger partial charge in [0, 0.05) is 24.5 Å². The van der Waals surface area contributed by atoms with E-state index in [1.54, 1.807) is 23.1 Å². The van der Waals surface area contributed by atoms with Gasteiger partial charge in [-0.15, -0.1) is 4.40 Å². The minimum absolute atomic E-state index is 0.141. The third kappa shape index (κ3) is 4.30. The number of carbonyl (C=O) groups is 2. The molecule has 1 amide bonds. The van der Waals surface area contributed by atoms with Crippen LogP contribution in [-0.4, -0.2) is 62.6 Å². The number of carbonyl (C=O) groups excluding carboxylic acids is 2. The van der Waals surface area contributed by atoms with Crippen LogP contribution in [0.15, 0.2) is 46.5 Å². The van der Waals surface area contributed by atoms with Crippen molar-refractivity contribution < 1.29 is 32.2 Å². The van der Waals surface area contributed by atoms with E-state index in [2.05, 4.69) is 9.71 Å². The normalized spacial score (nSPS) is 19.7. The predicted molar refractivity (Wildman–Crippen MR) is 107 cm³/mol. The van der Waals surface area contributed by atoms with Gasteiger partial charge in [-0.2, -0.15) is 0 Å². The number of hydrogen-bond donors (Lipinski definition) is 1. The molecule has 0 radical (unpaired) electrons. The fraction of sp³-hybridized carbons (Fsp3) is 0.316. The first-order valence-electron chi connectivity index (χ1n) is 9.21. The van der Waals surface area contributed by atoms with Crippen LogP contribution in [0.1, 0.15) is 6.92 Å². The van der Waals surface area contributed by atoms with E-state index < -0.39 is 28.0 Å². The fourth-order valence-corrected chi connectivity index (χ4v) is 3.94. The predicted octanol–water partition coefficient (Wildman–Crippen LogP) is 0.826. The summed E-state index contributed by atoms with van der Waals surface area (Å²) in [5.41, 5.74) is 0.673. The highest BCUT2D eigenvalue weighted by Gasteiger charge is 2.27. The van der Waals surface area contributed by atoms with Crippen molar-refractivity contribution in [1.29, 1.82) is 0 Å². The number of esters is 1. The Balaban J connectivity index is 1.37. The molecule has 3 heterocycles. The average Bonchev–Trinajstić information content (AvgIpc) is 2.72. The molecule has 1 aromatic carbocycles. The molecule has 10 nitrogen and oxygen atoms in total. The second kappa shape index (κ2) is 7.82.